The molecule has 2 saturated heterocycles. The number of amides is 1. The van der Waals surface area contributed by atoms with Crippen LogP contribution in [0.15, 0.2) is 48.7 Å². The van der Waals surface area contributed by atoms with Crippen molar-refractivity contribution in [1.82, 2.24) is 19.7 Å². The van der Waals surface area contributed by atoms with Gasteiger partial charge in [-0.05, 0) is 48.7 Å². The van der Waals surface area contributed by atoms with Crippen LogP contribution in [-0.2, 0) is 11.3 Å². The molecule has 1 aromatic carbocycles. The van der Waals surface area contributed by atoms with Crippen molar-refractivity contribution < 1.29 is 14.3 Å². The monoisotopic (exact) mass is 434 g/mol. The normalized spacial score (nSPS) is 21.9. The van der Waals surface area contributed by atoms with Crippen LogP contribution in [0.2, 0.25) is 0 Å². The average molecular weight is 435 g/mol. The Kier molecular flexibility index (Phi) is 6.36. The minimum Gasteiger partial charge on any atom is -0.454 e. The number of ether oxygens (including phenoxy) is 2. The van der Waals surface area contributed by atoms with E-state index in [2.05, 4.69) is 26.9 Å². The molecular weight excluding hydrogens is 404 g/mol. The van der Waals surface area contributed by atoms with Gasteiger partial charge in [0.1, 0.15) is 0 Å². The van der Waals surface area contributed by atoms with Crippen LogP contribution >= 0.6 is 0 Å². The van der Waals surface area contributed by atoms with Gasteiger partial charge < -0.3 is 14.4 Å². The van der Waals surface area contributed by atoms with E-state index in [1.54, 1.807) is 18.3 Å². The second-order valence-electron chi connectivity index (χ2n) is 8.67. The maximum Gasteiger partial charge on any atom is 0.246 e. The first kappa shape index (κ1) is 21.0. The van der Waals surface area contributed by atoms with Crippen LogP contribution in [0, 0.1) is 0 Å². The van der Waals surface area contributed by atoms with E-state index in [-0.39, 0.29) is 5.91 Å². The van der Waals surface area contributed by atoms with Crippen LogP contribution in [0.1, 0.15) is 24.1 Å². The molecule has 7 heteroatoms. The largest absolute Gasteiger partial charge is 0.454 e. The minimum atomic E-state index is 0.0850. The van der Waals surface area contributed by atoms with Gasteiger partial charge in [0.2, 0.25) is 12.7 Å². The molecule has 0 spiro atoms. The number of fused-ring (bicyclic) bond motifs is 1. The van der Waals surface area contributed by atoms with E-state index in [0.29, 0.717) is 12.8 Å². The lowest BCUT2D eigenvalue weighted by molar-refractivity contribution is -0.128. The number of benzene rings is 1. The highest BCUT2D eigenvalue weighted by Crippen LogP contribution is 2.33. The van der Waals surface area contributed by atoms with Gasteiger partial charge in [0, 0.05) is 64.1 Å². The zero-order chi connectivity index (χ0) is 21.8. The molecule has 2 fully saturated rings. The van der Waals surface area contributed by atoms with Gasteiger partial charge in [-0.15, -0.1) is 0 Å². The molecule has 1 atom stereocenters. The number of aromatic nitrogens is 1. The number of rotatable bonds is 5. The summed E-state index contributed by atoms with van der Waals surface area (Å²) in [6, 6.07) is 12.4. The maximum absolute atomic E-state index is 12.7. The fraction of sp³-hybridized carbons (Fsp3) is 0.440. The molecule has 168 valence electrons. The van der Waals surface area contributed by atoms with Gasteiger partial charge in [0.25, 0.3) is 0 Å². The van der Waals surface area contributed by atoms with Crippen LogP contribution in [0.5, 0.6) is 11.5 Å². The lowest BCUT2D eigenvalue weighted by atomic mass is 10.0. The molecule has 0 saturated carbocycles. The van der Waals surface area contributed by atoms with Crippen molar-refractivity contribution in [2.75, 3.05) is 46.1 Å². The lowest BCUT2D eigenvalue weighted by Gasteiger charge is -2.43. The van der Waals surface area contributed by atoms with E-state index in [1.807, 2.05) is 29.2 Å². The minimum absolute atomic E-state index is 0.0850. The number of pyridine rings is 1. The van der Waals surface area contributed by atoms with Gasteiger partial charge in [-0.3, -0.25) is 19.6 Å². The summed E-state index contributed by atoms with van der Waals surface area (Å²) in [7, 11) is 0. The van der Waals surface area contributed by atoms with Crippen molar-refractivity contribution >= 4 is 12.0 Å². The number of nitrogens with zero attached hydrogens (tertiary/aromatic N) is 4. The molecular formula is C25H30N4O3. The Morgan fingerprint density at radius 2 is 1.94 bits per heavy atom. The number of hydrogen-bond donors (Lipinski definition) is 0. The first-order valence-corrected chi connectivity index (χ1v) is 11.5. The predicted molar refractivity (Wildman–Crippen MR) is 122 cm³/mol. The third-order valence-corrected chi connectivity index (χ3v) is 6.56. The third-order valence-electron chi connectivity index (χ3n) is 6.56. The summed E-state index contributed by atoms with van der Waals surface area (Å²) >= 11 is 0. The van der Waals surface area contributed by atoms with Crippen LogP contribution < -0.4 is 9.47 Å². The molecule has 3 aliphatic rings. The molecule has 0 bridgehead atoms. The number of hydrogen-bond acceptors (Lipinski definition) is 6. The molecule has 3 aliphatic heterocycles. The van der Waals surface area contributed by atoms with Gasteiger partial charge >= 0.3 is 0 Å². The van der Waals surface area contributed by atoms with Crippen LogP contribution in [0.4, 0.5) is 0 Å². The highest BCUT2D eigenvalue weighted by atomic mass is 16.7. The van der Waals surface area contributed by atoms with E-state index in [4.69, 9.17) is 9.47 Å². The second-order valence-corrected chi connectivity index (χ2v) is 8.67. The second kappa shape index (κ2) is 9.71. The summed E-state index contributed by atoms with van der Waals surface area (Å²) in [6.45, 7) is 7.06. The smallest absolute Gasteiger partial charge is 0.246 e. The van der Waals surface area contributed by atoms with Gasteiger partial charge in [-0.25, -0.2) is 0 Å². The standard InChI is InChI=1S/C25H30N4O3/c30-25(9-7-21-4-1-2-10-26-21)29-11-3-5-22(18-29)28-14-12-27(13-15-28)17-20-6-8-23-24(16-20)32-19-31-23/h1-2,4,6-10,16,22H,3,5,11-15,17-19H2/b9-7+/t22-/m0/s1. The Hall–Kier alpha value is -2.90. The molecule has 5 rings (SSSR count). The zero-order valence-electron chi connectivity index (χ0n) is 18.4. The van der Waals surface area contributed by atoms with E-state index in [1.165, 1.54) is 5.56 Å². The zero-order valence-corrected chi connectivity index (χ0v) is 18.4. The van der Waals surface area contributed by atoms with Crippen molar-refractivity contribution in [2.45, 2.75) is 25.4 Å². The van der Waals surface area contributed by atoms with Gasteiger partial charge in [-0.1, -0.05) is 12.1 Å². The first-order chi connectivity index (χ1) is 15.7. The molecule has 32 heavy (non-hydrogen) atoms. The third kappa shape index (κ3) is 4.95. The molecule has 2 aromatic rings. The van der Waals surface area contributed by atoms with E-state index < -0.39 is 0 Å². The van der Waals surface area contributed by atoms with Crippen molar-refractivity contribution in [3.63, 3.8) is 0 Å². The summed E-state index contributed by atoms with van der Waals surface area (Å²) in [5.41, 5.74) is 2.07. The summed E-state index contributed by atoms with van der Waals surface area (Å²) in [5, 5.41) is 0. The van der Waals surface area contributed by atoms with E-state index in [9.17, 15) is 4.79 Å². The fourth-order valence-electron chi connectivity index (χ4n) is 4.77. The Morgan fingerprint density at radius 3 is 2.78 bits per heavy atom. The molecule has 7 nitrogen and oxygen atoms in total. The first-order valence-electron chi connectivity index (χ1n) is 11.5. The summed E-state index contributed by atoms with van der Waals surface area (Å²) in [6.07, 6.45) is 7.43. The highest BCUT2D eigenvalue weighted by molar-refractivity contribution is 5.91. The molecule has 0 unspecified atom stereocenters. The summed E-state index contributed by atoms with van der Waals surface area (Å²) in [5.74, 6) is 1.77. The van der Waals surface area contributed by atoms with Crippen molar-refractivity contribution in [3.05, 3.63) is 59.9 Å². The number of carbonyl (C=O) groups excluding carboxylic acids is 1. The summed E-state index contributed by atoms with van der Waals surface area (Å²) < 4.78 is 10.9. The molecule has 1 amide bonds. The van der Waals surface area contributed by atoms with Crippen molar-refractivity contribution in [1.29, 1.82) is 0 Å². The van der Waals surface area contributed by atoms with Gasteiger partial charge in [0.15, 0.2) is 11.5 Å². The lowest BCUT2D eigenvalue weighted by Crippen LogP contribution is -2.55. The number of piperazine rings is 1. The van der Waals surface area contributed by atoms with Crippen LogP contribution in [0.25, 0.3) is 6.08 Å². The molecule has 0 N–H and O–H groups in total. The quantitative estimate of drug-likeness (QED) is 0.675. The van der Waals surface area contributed by atoms with Crippen LogP contribution in [-0.4, -0.2) is 77.7 Å². The molecule has 0 aliphatic carbocycles. The SMILES string of the molecule is O=C(/C=C/c1ccccn1)N1CCC[C@H](N2CCN(Cc3ccc4c(c3)OCO4)CC2)C1. The van der Waals surface area contributed by atoms with Crippen molar-refractivity contribution in [3.8, 4) is 11.5 Å². The predicted octanol–water partition coefficient (Wildman–Crippen LogP) is 2.63. The maximum atomic E-state index is 12.7. The van der Waals surface area contributed by atoms with E-state index >= 15 is 0 Å². The molecule has 1 aromatic heterocycles. The number of piperidine rings is 1. The average Bonchev–Trinajstić information content (AvgIpc) is 3.32. The molecule has 4 heterocycles. The Bertz CT molecular complexity index is 957. The fourth-order valence-corrected chi connectivity index (χ4v) is 4.77. The Morgan fingerprint density at radius 1 is 1.06 bits per heavy atom. The Balaban J connectivity index is 1.11. The Labute approximate surface area is 189 Å². The van der Waals surface area contributed by atoms with Crippen molar-refractivity contribution in [2.24, 2.45) is 0 Å². The van der Waals surface area contributed by atoms with Gasteiger partial charge in [0.05, 0.1) is 5.69 Å². The van der Waals surface area contributed by atoms with Crippen LogP contribution in [0.3, 0.4) is 0 Å². The topological polar surface area (TPSA) is 58.1 Å². The number of carbonyl (C=O) groups is 1. The highest BCUT2D eigenvalue weighted by Gasteiger charge is 2.29. The van der Waals surface area contributed by atoms with Gasteiger partial charge in [-0.2, -0.15) is 0 Å². The molecule has 0 radical (unpaired) electrons. The summed E-state index contributed by atoms with van der Waals surface area (Å²) in [4.78, 5) is 24.0. The number of likely N-dealkylation sites (tertiary alicyclic amines) is 1. The van der Waals surface area contributed by atoms with E-state index in [0.717, 1.165) is 75.8 Å².